The Morgan fingerprint density at radius 1 is 1.23 bits per heavy atom. The number of methoxy groups -OCH3 is 1. The van der Waals surface area contributed by atoms with Crippen LogP contribution in [-0.4, -0.2) is 70.2 Å². The fourth-order valence-corrected chi connectivity index (χ4v) is 4.94. The summed E-state index contributed by atoms with van der Waals surface area (Å²) < 4.78 is 19.7. The van der Waals surface area contributed by atoms with E-state index in [0.717, 1.165) is 25.5 Å². The van der Waals surface area contributed by atoms with Crippen molar-refractivity contribution >= 4 is 46.2 Å². The van der Waals surface area contributed by atoms with Crippen LogP contribution in [0.1, 0.15) is 32.3 Å². The quantitative estimate of drug-likeness (QED) is 0.226. The van der Waals surface area contributed by atoms with Gasteiger partial charge in [0.1, 0.15) is 23.6 Å². The minimum absolute atomic E-state index is 0.0688. The molecule has 12 nitrogen and oxygen atoms in total. The van der Waals surface area contributed by atoms with Crippen LogP contribution in [0.2, 0.25) is 5.02 Å². The van der Waals surface area contributed by atoms with Crippen LogP contribution in [0.4, 0.5) is 39.0 Å². The van der Waals surface area contributed by atoms with Crippen molar-refractivity contribution in [2.45, 2.75) is 38.3 Å². The van der Waals surface area contributed by atoms with Gasteiger partial charge in [0.25, 0.3) is 5.69 Å². The topological polar surface area (TPSA) is 142 Å². The zero-order valence-electron chi connectivity index (χ0n) is 22.9. The Balaban J connectivity index is 1.66. The summed E-state index contributed by atoms with van der Waals surface area (Å²) in [5.41, 5.74) is -0.144. The van der Waals surface area contributed by atoms with Crippen LogP contribution in [0, 0.1) is 15.9 Å². The van der Waals surface area contributed by atoms with E-state index < -0.39 is 16.3 Å². The van der Waals surface area contributed by atoms with Crippen molar-refractivity contribution in [3.63, 3.8) is 0 Å². The molecular formula is C26H32ClFN8O4. The molecule has 1 fully saturated rings. The number of aliphatic hydroxyl groups is 1. The summed E-state index contributed by atoms with van der Waals surface area (Å²) in [6, 6.07) is 5.67. The Morgan fingerprint density at radius 2 is 1.90 bits per heavy atom. The van der Waals surface area contributed by atoms with Crippen LogP contribution < -0.4 is 20.3 Å². The summed E-state index contributed by atoms with van der Waals surface area (Å²) in [7, 11) is 5.44. The molecular weight excluding hydrogens is 543 g/mol. The zero-order chi connectivity index (χ0) is 29.2. The fourth-order valence-electron chi connectivity index (χ4n) is 4.78. The number of nitrogens with zero attached hydrogens (tertiary/aromatic N) is 6. The van der Waals surface area contributed by atoms with E-state index in [0.29, 0.717) is 29.4 Å². The van der Waals surface area contributed by atoms with Crippen molar-refractivity contribution in [2.75, 3.05) is 49.8 Å². The third-order valence-electron chi connectivity index (χ3n) is 6.54. The van der Waals surface area contributed by atoms with Crippen LogP contribution in [0.3, 0.4) is 0 Å². The van der Waals surface area contributed by atoms with E-state index in [-0.39, 0.29) is 34.2 Å². The van der Waals surface area contributed by atoms with Gasteiger partial charge < -0.3 is 30.3 Å². The van der Waals surface area contributed by atoms with Gasteiger partial charge in [0.15, 0.2) is 0 Å². The van der Waals surface area contributed by atoms with Crippen molar-refractivity contribution in [3.8, 4) is 5.75 Å². The molecule has 0 unspecified atom stereocenters. The first-order chi connectivity index (χ1) is 18.9. The lowest BCUT2D eigenvalue weighted by Crippen LogP contribution is -2.37. The molecule has 0 spiro atoms. The number of benzene rings is 2. The van der Waals surface area contributed by atoms with Crippen LogP contribution in [0.5, 0.6) is 5.75 Å². The highest BCUT2D eigenvalue weighted by Gasteiger charge is 2.32. The van der Waals surface area contributed by atoms with Crippen molar-refractivity contribution in [3.05, 3.63) is 57.1 Å². The molecule has 1 saturated heterocycles. The summed E-state index contributed by atoms with van der Waals surface area (Å²) in [5, 5.41) is 28.4. The number of hydrogen-bond acceptors (Lipinski definition) is 11. The Hall–Kier alpha value is -3.81. The highest BCUT2D eigenvalue weighted by atomic mass is 35.5. The van der Waals surface area contributed by atoms with E-state index in [9.17, 15) is 19.6 Å². The number of nitro groups is 1. The van der Waals surface area contributed by atoms with Crippen molar-refractivity contribution in [2.24, 2.45) is 0 Å². The van der Waals surface area contributed by atoms with E-state index in [1.54, 1.807) is 6.07 Å². The molecule has 1 atom stereocenters. The molecule has 1 aromatic heterocycles. The second-order valence-electron chi connectivity index (χ2n) is 10.3. The first kappa shape index (κ1) is 29.2. The molecule has 1 aliphatic rings. The molecule has 4 rings (SSSR count). The molecule has 0 bridgehead atoms. The first-order valence-electron chi connectivity index (χ1n) is 12.6. The van der Waals surface area contributed by atoms with Crippen molar-refractivity contribution in [1.82, 2.24) is 19.9 Å². The molecule has 3 aromatic rings. The lowest BCUT2D eigenvalue weighted by Gasteiger charge is -2.29. The molecule has 0 amide bonds. The van der Waals surface area contributed by atoms with Gasteiger partial charge in [-0.25, -0.2) is 14.4 Å². The predicted molar refractivity (Wildman–Crippen MR) is 152 cm³/mol. The number of ether oxygens (including phenoxy) is 1. The van der Waals surface area contributed by atoms with E-state index in [1.165, 1.54) is 39.4 Å². The number of hydrogen-bond donors (Lipinski definition) is 3. The van der Waals surface area contributed by atoms with Crippen LogP contribution >= 0.6 is 11.6 Å². The van der Waals surface area contributed by atoms with Gasteiger partial charge in [0.05, 0.1) is 28.3 Å². The molecule has 14 heteroatoms. The summed E-state index contributed by atoms with van der Waals surface area (Å²) in [4.78, 5) is 28.4. The SMILES string of the molecule is COc1cc(N2CCC[C@H]2CN(C)C)c([N+](=O)[O-])cc1Nc1ncnc(Nc2cc(Cl)c(F)cc2C(C)(C)O)n1. The average molecular weight is 575 g/mol. The summed E-state index contributed by atoms with van der Waals surface area (Å²) in [6.45, 7) is 4.50. The van der Waals surface area contributed by atoms with Gasteiger partial charge in [-0.05, 0) is 52.9 Å². The largest absolute Gasteiger partial charge is 0.494 e. The predicted octanol–water partition coefficient (Wildman–Crippen LogP) is 4.83. The third kappa shape index (κ3) is 6.49. The highest BCUT2D eigenvalue weighted by Crippen LogP contribution is 2.42. The molecule has 2 aromatic carbocycles. The second kappa shape index (κ2) is 11.7. The molecule has 2 heterocycles. The summed E-state index contributed by atoms with van der Waals surface area (Å²) in [6.07, 6.45) is 3.11. The first-order valence-corrected chi connectivity index (χ1v) is 13.0. The van der Waals surface area contributed by atoms with E-state index in [4.69, 9.17) is 16.3 Å². The number of halogens is 2. The van der Waals surface area contributed by atoms with Crippen molar-refractivity contribution in [1.29, 1.82) is 0 Å². The average Bonchev–Trinajstić information content (AvgIpc) is 3.32. The molecule has 0 saturated carbocycles. The maximum atomic E-state index is 14.1. The molecule has 214 valence electrons. The van der Waals surface area contributed by atoms with Gasteiger partial charge in [-0.2, -0.15) is 4.98 Å². The molecule has 40 heavy (non-hydrogen) atoms. The Morgan fingerprint density at radius 3 is 2.50 bits per heavy atom. The van der Waals surface area contributed by atoms with Crippen molar-refractivity contribution < 1.29 is 19.2 Å². The summed E-state index contributed by atoms with van der Waals surface area (Å²) >= 11 is 5.97. The normalized spacial score (nSPS) is 15.4. The van der Waals surface area contributed by atoms with Gasteiger partial charge in [-0.15, -0.1) is 0 Å². The molecule has 1 aliphatic heterocycles. The maximum Gasteiger partial charge on any atom is 0.294 e. The fraction of sp³-hybridized carbons (Fsp3) is 0.423. The minimum atomic E-state index is -1.39. The van der Waals surface area contributed by atoms with Gasteiger partial charge in [-0.3, -0.25) is 10.1 Å². The van der Waals surface area contributed by atoms with Gasteiger partial charge >= 0.3 is 0 Å². The standard InChI is InChI=1S/C26H32ClFN8O4/c1-26(2,37)16-9-18(28)17(27)10-19(16)31-24-29-14-30-25(33-24)32-20-11-22(36(38)39)21(12-23(20)40-5)35-8-6-7-15(35)13-34(3)4/h9-12,14-15,37H,6-8,13H2,1-5H3,(H2,29,30,31,32,33)/t15-/m0/s1. The molecule has 3 N–H and O–H groups in total. The number of rotatable bonds is 10. The maximum absolute atomic E-state index is 14.1. The van der Waals surface area contributed by atoms with E-state index >= 15 is 0 Å². The minimum Gasteiger partial charge on any atom is -0.494 e. The van der Waals surface area contributed by atoms with Crippen LogP contribution in [0.25, 0.3) is 0 Å². The number of anilines is 5. The van der Waals surface area contributed by atoms with Gasteiger partial charge in [-0.1, -0.05) is 11.6 Å². The number of aromatic nitrogens is 3. The van der Waals surface area contributed by atoms with Crippen LogP contribution in [-0.2, 0) is 5.60 Å². The van der Waals surface area contributed by atoms with Gasteiger partial charge in [0.2, 0.25) is 11.9 Å². The monoisotopic (exact) mass is 574 g/mol. The van der Waals surface area contributed by atoms with Crippen LogP contribution in [0.15, 0.2) is 30.6 Å². The number of likely N-dealkylation sites (N-methyl/N-ethyl adjacent to an activating group) is 1. The number of nitrogens with one attached hydrogen (secondary N) is 2. The molecule has 0 radical (unpaired) electrons. The van der Waals surface area contributed by atoms with E-state index in [1.807, 2.05) is 14.1 Å². The van der Waals surface area contributed by atoms with E-state index in [2.05, 4.69) is 35.4 Å². The lowest BCUT2D eigenvalue weighted by molar-refractivity contribution is -0.384. The third-order valence-corrected chi connectivity index (χ3v) is 6.83. The molecule has 0 aliphatic carbocycles. The Bertz CT molecular complexity index is 1400. The Labute approximate surface area is 236 Å². The smallest absolute Gasteiger partial charge is 0.294 e. The summed E-state index contributed by atoms with van der Waals surface area (Å²) in [5.74, 6) is -0.163. The van der Waals surface area contributed by atoms with Gasteiger partial charge in [0, 0.05) is 42.5 Å². The lowest BCUT2D eigenvalue weighted by atomic mass is 9.96. The number of nitro benzene ring substituents is 1. The Kier molecular flexibility index (Phi) is 8.57. The highest BCUT2D eigenvalue weighted by molar-refractivity contribution is 6.31. The zero-order valence-corrected chi connectivity index (χ0v) is 23.7. The second-order valence-corrected chi connectivity index (χ2v) is 10.7.